The predicted molar refractivity (Wildman–Crippen MR) is 50.2 cm³/mol. The molecule has 0 aromatic rings. The Hall–Kier alpha value is -0.610. The number of rotatable bonds is 3. The van der Waals surface area contributed by atoms with Gasteiger partial charge in [0.05, 0.1) is 13.0 Å². The highest BCUT2D eigenvalue weighted by Gasteiger charge is 2.28. The quantitative estimate of drug-likeness (QED) is 0.596. The lowest BCUT2D eigenvalue weighted by Gasteiger charge is -2.27. The molecule has 1 fully saturated rings. The first-order valence-corrected chi connectivity index (χ1v) is 4.78. The van der Waals surface area contributed by atoms with Gasteiger partial charge in [-0.3, -0.25) is 4.79 Å². The Balaban J connectivity index is 2.48. The highest BCUT2D eigenvalue weighted by molar-refractivity contribution is 5.72. The van der Waals surface area contributed by atoms with Crippen molar-refractivity contribution in [2.75, 3.05) is 26.7 Å². The first-order chi connectivity index (χ1) is 6.29. The van der Waals surface area contributed by atoms with E-state index < -0.39 is 0 Å². The van der Waals surface area contributed by atoms with Gasteiger partial charge in [0.15, 0.2) is 0 Å². The first kappa shape index (κ1) is 10.5. The lowest BCUT2D eigenvalue weighted by molar-refractivity contribution is -0.147. The Kier molecular flexibility index (Phi) is 4.18. The van der Waals surface area contributed by atoms with Crippen molar-refractivity contribution in [1.82, 2.24) is 5.32 Å². The lowest BCUT2D eigenvalue weighted by Crippen LogP contribution is -2.38. The standard InChI is InChI=1S/C9H18N2O2/c1-13-9(12)8(6-10)7-2-4-11-5-3-7/h7-8,11H,2-6,10H2,1H3. The lowest BCUT2D eigenvalue weighted by atomic mass is 9.85. The number of nitrogens with one attached hydrogen (secondary N) is 1. The van der Waals surface area contributed by atoms with Crippen LogP contribution >= 0.6 is 0 Å². The van der Waals surface area contributed by atoms with Crippen LogP contribution in [0.4, 0.5) is 0 Å². The summed E-state index contributed by atoms with van der Waals surface area (Å²) in [5.41, 5.74) is 5.56. The molecule has 13 heavy (non-hydrogen) atoms. The minimum Gasteiger partial charge on any atom is -0.469 e. The van der Waals surface area contributed by atoms with Crippen LogP contribution in [-0.4, -0.2) is 32.7 Å². The van der Waals surface area contributed by atoms with E-state index in [-0.39, 0.29) is 11.9 Å². The molecule has 1 rings (SSSR count). The summed E-state index contributed by atoms with van der Waals surface area (Å²) >= 11 is 0. The molecule has 0 radical (unpaired) electrons. The van der Waals surface area contributed by atoms with Gasteiger partial charge in [-0.2, -0.15) is 0 Å². The Morgan fingerprint density at radius 1 is 1.62 bits per heavy atom. The Morgan fingerprint density at radius 2 is 2.23 bits per heavy atom. The van der Waals surface area contributed by atoms with Crippen LogP contribution in [0.1, 0.15) is 12.8 Å². The fourth-order valence-electron chi connectivity index (χ4n) is 1.88. The summed E-state index contributed by atoms with van der Waals surface area (Å²) in [6.45, 7) is 2.37. The average Bonchev–Trinajstić information content (AvgIpc) is 2.20. The van der Waals surface area contributed by atoms with Crippen molar-refractivity contribution >= 4 is 5.97 Å². The van der Waals surface area contributed by atoms with E-state index in [9.17, 15) is 4.79 Å². The number of carbonyl (C=O) groups is 1. The molecule has 4 nitrogen and oxygen atoms in total. The summed E-state index contributed by atoms with van der Waals surface area (Å²) in [7, 11) is 1.42. The number of esters is 1. The molecule has 3 N–H and O–H groups in total. The number of methoxy groups -OCH3 is 1. The van der Waals surface area contributed by atoms with Crippen molar-refractivity contribution in [3.8, 4) is 0 Å². The molecule has 0 saturated carbocycles. The molecular formula is C9H18N2O2. The van der Waals surface area contributed by atoms with Crippen molar-refractivity contribution in [2.24, 2.45) is 17.6 Å². The Bertz CT molecular complexity index is 167. The van der Waals surface area contributed by atoms with Crippen molar-refractivity contribution in [1.29, 1.82) is 0 Å². The Morgan fingerprint density at radius 3 is 2.69 bits per heavy atom. The number of nitrogens with two attached hydrogens (primary N) is 1. The van der Waals surface area contributed by atoms with Gasteiger partial charge in [0.2, 0.25) is 0 Å². The minimum absolute atomic E-state index is 0.105. The molecule has 0 aromatic carbocycles. The number of hydrogen-bond acceptors (Lipinski definition) is 4. The van der Waals surface area contributed by atoms with Crippen LogP contribution < -0.4 is 11.1 Å². The van der Waals surface area contributed by atoms with Crippen LogP contribution in [0.2, 0.25) is 0 Å². The molecular weight excluding hydrogens is 168 g/mol. The van der Waals surface area contributed by atoms with E-state index in [0.717, 1.165) is 25.9 Å². The summed E-state index contributed by atoms with van der Waals surface area (Å²) in [6.07, 6.45) is 2.05. The number of hydrogen-bond donors (Lipinski definition) is 2. The summed E-state index contributed by atoms with van der Waals surface area (Å²) in [4.78, 5) is 11.3. The van der Waals surface area contributed by atoms with E-state index in [1.54, 1.807) is 0 Å². The highest BCUT2D eigenvalue weighted by atomic mass is 16.5. The maximum atomic E-state index is 11.3. The van der Waals surface area contributed by atoms with Crippen molar-refractivity contribution in [2.45, 2.75) is 12.8 Å². The third kappa shape index (κ3) is 2.67. The molecule has 1 unspecified atom stereocenters. The van der Waals surface area contributed by atoms with E-state index in [0.29, 0.717) is 12.5 Å². The number of carbonyl (C=O) groups excluding carboxylic acids is 1. The zero-order valence-electron chi connectivity index (χ0n) is 8.08. The Labute approximate surface area is 78.8 Å². The molecule has 0 aliphatic carbocycles. The SMILES string of the molecule is COC(=O)C(CN)C1CCNCC1. The zero-order valence-corrected chi connectivity index (χ0v) is 8.08. The molecule has 0 aromatic heterocycles. The maximum absolute atomic E-state index is 11.3. The van der Waals surface area contributed by atoms with Crippen molar-refractivity contribution in [3.05, 3.63) is 0 Å². The first-order valence-electron chi connectivity index (χ1n) is 4.78. The van der Waals surface area contributed by atoms with Crippen LogP contribution in [0, 0.1) is 11.8 Å². The van der Waals surface area contributed by atoms with Gasteiger partial charge in [0, 0.05) is 6.54 Å². The summed E-state index contributed by atoms with van der Waals surface area (Å²) < 4.78 is 4.72. The molecule has 4 heteroatoms. The van der Waals surface area contributed by atoms with Gasteiger partial charge in [-0.05, 0) is 31.8 Å². The van der Waals surface area contributed by atoms with Gasteiger partial charge in [-0.25, -0.2) is 0 Å². The van der Waals surface area contributed by atoms with Crippen molar-refractivity contribution in [3.63, 3.8) is 0 Å². The van der Waals surface area contributed by atoms with Crippen molar-refractivity contribution < 1.29 is 9.53 Å². The van der Waals surface area contributed by atoms with Gasteiger partial charge in [0.25, 0.3) is 0 Å². The third-order valence-corrected chi connectivity index (χ3v) is 2.71. The van der Waals surface area contributed by atoms with E-state index >= 15 is 0 Å². The molecule has 76 valence electrons. The van der Waals surface area contributed by atoms with E-state index in [4.69, 9.17) is 10.5 Å². The van der Waals surface area contributed by atoms with Crippen LogP contribution in [0.25, 0.3) is 0 Å². The molecule has 1 saturated heterocycles. The molecule has 1 atom stereocenters. The summed E-state index contributed by atoms with van der Waals surface area (Å²) in [5.74, 6) is 0.139. The molecule has 0 bridgehead atoms. The van der Waals surface area contributed by atoms with Crippen LogP contribution in [0.5, 0.6) is 0 Å². The number of ether oxygens (including phenoxy) is 1. The zero-order chi connectivity index (χ0) is 9.68. The average molecular weight is 186 g/mol. The van der Waals surface area contributed by atoms with Gasteiger partial charge in [-0.1, -0.05) is 0 Å². The molecule has 1 aliphatic rings. The van der Waals surface area contributed by atoms with Gasteiger partial charge >= 0.3 is 5.97 Å². The van der Waals surface area contributed by atoms with E-state index in [2.05, 4.69) is 5.32 Å². The van der Waals surface area contributed by atoms with Gasteiger partial charge in [-0.15, -0.1) is 0 Å². The third-order valence-electron chi connectivity index (χ3n) is 2.71. The van der Waals surface area contributed by atoms with E-state index in [1.807, 2.05) is 0 Å². The normalized spacial score (nSPS) is 21.1. The summed E-state index contributed by atoms with van der Waals surface area (Å²) in [6, 6.07) is 0. The largest absolute Gasteiger partial charge is 0.469 e. The fraction of sp³-hybridized carbons (Fsp3) is 0.889. The second-order valence-corrected chi connectivity index (χ2v) is 3.45. The second kappa shape index (κ2) is 5.19. The highest BCUT2D eigenvalue weighted by Crippen LogP contribution is 2.22. The molecule has 1 heterocycles. The van der Waals surface area contributed by atoms with Crippen LogP contribution in [0.15, 0.2) is 0 Å². The van der Waals surface area contributed by atoms with Crippen LogP contribution in [-0.2, 0) is 9.53 Å². The molecule has 1 aliphatic heterocycles. The van der Waals surface area contributed by atoms with Gasteiger partial charge < -0.3 is 15.8 Å². The van der Waals surface area contributed by atoms with Crippen LogP contribution in [0.3, 0.4) is 0 Å². The number of piperidine rings is 1. The second-order valence-electron chi connectivity index (χ2n) is 3.45. The van der Waals surface area contributed by atoms with E-state index in [1.165, 1.54) is 7.11 Å². The smallest absolute Gasteiger partial charge is 0.310 e. The fourth-order valence-corrected chi connectivity index (χ4v) is 1.88. The molecule has 0 spiro atoms. The van der Waals surface area contributed by atoms with Gasteiger partial charge in [0.1, 0.15) is 0 Å². The predicted octanol–water partition coefficient (Wildman–Crippen LogP) is -0.266. The maximum Gasteiger partial charge on any atom is 0.310 e. The minimum atomic E-state index is -0.158. The topological polar surface area (TPSA) is 64.3 Å². The molecule has 0 amide bonds. The summed E-state index contributed by atoms with van der Waals surface area (Å²) in [5, 5.41) is 3.26. The monoisotopic (exact) mass is 186 g/mol.